The number of ether oxygens (including phenoxy) is 2. The van der Waals surface area contributed by atoms with Gasteiger partial charge < -0.3 is 9.47 Å². The first-order chi connectivity index (χ1) is 10.1. The Bertz CT molecular complexity index is 547. The van der Waals surface area contributed by atoms with Crippen molar-refractivity contribution in [1.29, 1.82) is 0 Å². The summed E-state index contributed by atoms with van der Waals surface area (Å²) in [5.74, 6) is -0.702. The molecule has 2 unspecified atom stereocenters. The van der Waals surface area contributed by atoms with Crippen molar-refractivity contribution < 1.29 is 23.9 Å². The summed E-state index contributed by atoms with van der Waals surface area (Å²) < 4.78 is 10.2. The molecule has 5 nitrogen and oxygen atoms in total. The molecule has 5 heteroatoms. The van der Waals surface area contributed by atoms with Gasteiger partial charge in [-0.05, 0) is 25.2 Å². The highest BCUT2D eigenvalue weighted by atomic mass is 16.6. The van der Waals surface area contributed by atoms with Gasteiger partial charge in [-0.25, -0.2) is 4.79 Å². The number of ketones is 1. The molecular formula is C17H24O5. The zero-order chi connectivity index (χ0) is 16.8. The van der Waals surface area contributed by atoms with E-state index in [1.807, 2.05) is 20.8 Å². The molecule has 0 aromatic rings. The van der Waals surface area contributed by atoms with E-state index >= 15 is 0 Å². The summed E-state index contributed by atoms with van der Waals surface area (Å²) in [5, 5.41) is 0. The normalized spacial score (nSPS) is 31.9. The number of carbonyl (C=O) groups excluding carboxylic acids is 3. The maximum atomic E-state index is 12.6. The Morgan fingerprint density at radius 3 is 2.18 bits per heavy atom. The zero-order valence-corrected chi connectivity index (χ0v) is 13.8. The zero-order valence-electron chi connectivity index (χ0n) is 13.8. The molecule has 2 fully saturated rings. The molecule has 0 aromatic carbocycles. The molecule has 122 valence electrons. The lowest BCUT2D eigenvalue weighted by molar-refractivity contribution is -0.164. The fourth-order valence-corrected chi connectivity index (χ4v) is 3.84. The second-order valence-corrected chi connectivity index (χ2v) is 7.19. The van der Waals surface area contributed by atoms with Crippen molar-refractivity contribution in [2.75, 3.05) is 13.2 Å². The number of Topliss-reactive ketones (excluding diaryl/α,β-unsaturated/α-hetero) is 1. The highest BCUT2D eigenvalue weighted by Crippen LogP contribution is 2.70. The van der Waals surface area contributed by atoms with E-state index in [0.29, 0.717) is 12.0 Å². The summed E-state index contributed by atoms with van der Waals surface area (Å²) in [5.41, 5.74) is -1.29. The minimum Gasteiger partial charge on any atom is -0.462 e. The first-order valence-electron chi connectivity index (χ1n) is 7.62. The molecular weight excluding hydrogens is 284 g/mol. The molecule has 2 saturated carbocycles. The largest absolute Gasteiger partial charge is 0.462 e. The van der Waals surface area contributed by atoms with Crippen LogP contribution in [0, 0.1) is 16.2 Å². The standard InChI is InChI=1S/C17H24O5/c1-11(2)13(19)21-8-9-22-14(20)17-7-6-16(5,12(18)10-17)15(17,3)4/h1,6-10H2,2-5H3. The van der Waals surface area contributed by atoms with Crippen molar-refractivity contribution in [3.05, 3.63) is 12.2 Å². The molecule has 0 N–H and O–H groups in total. The van der Waals surface area contributed by atoms with Gasteiger partial charge in [0.05, 0.1) is 5.41 Å². The van der Waals surface area contributed by atoms with Gasteiger partial charge in [-0.2, -0.15) is 0 Å². The summed E-state index contributed by atoms with van der Waals surface area (Å²) in [6.45, 7) is 10.9. The van der Waals surface area contributed by atoms with Gasteiger partial charge >= 0.3 is 11.9 Å². The van der Waals surface area contributed by atoms with Crippen molar-refractivity contribution in [2.24, 2.45) is 16.2 Å². The van der Waals surface area contributed by atoms with Crippen molar-refractivity contribution in [3.63, 3.8) is 0 Å². The third-order valence-electron chi connectivity index (χ3n) is 5.99. The van der Waals surface area contributed by atoms with E-state index in [1.54, 1.807) is 6.92 Å². The Morgan fingerprint density at radius 2 is 1.73 bits per heavy atom. The van der Waals surface area contributed by atoms with E-state index in [-0.39, 0.29) is 31.4 Å². The summed E-state index contributed by atoms with van der Waals surface area (Å²) in [4.78, 5) is 36.1. The van der Waals surface area contributed by atoms with Crippen LogP contribution in [0.25, 0.3) is 0 Å². The van der Waals surface area contributed by atoms with Crippen LogP contribution in [-0.2, 0) is 23.9 Å². The van der Waals surface area contributed by atoms with E-state index < -0.39 is 22.2 Å². The molecule has 0 heterocycles. The van der Waals surface area contributed by atoms with Gasteiger partial charge in [-0.15, -0.1) is 0 Å². The second kappa shape index (κ2) is 5.21. The van der Waals surface area contributed by atoms with Crippen molar-refractivity contribution in [2.45, 2.75) is 47.0 Å². The summed E-state index contributed by atoms with van der Waals surface area (Å²) in [6, 6.07) is 0. The summed E-state index contributed by atoms with van der Waals surface area (Å²) in [6.07, 6.45) is 1.64. The molecule has 2 bridgehead atoms. The summed E-state index contributed by atoms with van der Waals surface area (Å²) in [7, 11) is 0. The minimum atomic E-state index is -0.739. The van der Waals surface area contributed by atoms with E-state index in [2.05, 4.69) is 6.58 Å². The minimum absolute atomic E-state index is 0.000583. The number of hydrogen-bond acceptors (Lipinski definition) is 5. The summed E-state index contributed by atoms with van der Waals surface area (Å²) >= 11 is 0. The smallest absolute Gasteiger partial charge is 0.333 e. The number of hydrogen-bond donors (Lipinski definition) is 0. The van der Waals surface area contributed by atoms with Gasteiger partial charge in [0.1, 0.15) is 19.0 Å². The molecule has 0 spiro atoms. The Kier molecular flexibility index (Phi) is 3.96. The second-order valence-electron chi connectivity index (χ2n) is 7.19. The number of rotatable bonds is 5. The molecule has 2 aliphatic rings. The molecule has 2 aliphatic carbocycles. The van der Waals surface area contributed by atoms with Crippen molar-refractivity contribution in [1.82, 2.24) is 0 Å². The van der Waals surface area contributed by atoms with Gasteiger partial charge in [0, 0.05) is 17.4 Å². The van der Waals surface area contributed by atoms with Crippen LogP contribution in [-0.4, -0.2) is 30.9 Å². The van der Waals surface area contributed by atoms with Crippen LogP contribution in [0.5, 0.6) is 0 Å². The quantitative estimate of drug-likeness (QED) is 0.443. The third-order valence-corrected chi connectivity index (χ3v) is 5.99. The van der Waals surface area contributed by atoms with Crippen LogP contribution in [0.15, 0.2) is 12.2 Å². The predicted octanol–water partition coefficient (Wildman–Crippen LogP) is 2.43. The molecule has 0 aromatic heterocycles. The first kappa shape index (κ1) is 16.7. The monoisotopic (exact) mass is 308 g/mol. The van der Waals surface area contributed by atoms with Crippen molar-refractivity contribution in [3.8, 4) is 0 Å². The van der Waals surface area contributed by atoms with E-state index in [0.717, 1.165) is 6.42 Å². The molecule has 2 atom stereocenters. The lowest BCUT2D eigenvalue weighted by atomic mass is 9.65. The molecule has 22 heavy (non-hydrogen) atoms. The van der Waals surface area contributed by atoms with Gasteiger partial charge in [-0.3, -0.25) is 9.59 Å². The molecule has 0 radical (unpaired) electrons. The van der Waals surface area contributed by atoms with Crippen LogP contribution in [0.2, 0.25) is 0 Å². The number of fused-ring (bicyclic) bond motifs is 2. The Balaban J connectivity index is 1.97. The SMILES string of the molecule is C=C(C)C(=O)OCCOC(=O)C12CCC(C)(C(=O)C1)C2(C)C. The van der Waals surface area contributed by atoms with Gasteiger partial charge in [-0.1, -0.05) is 27.4 Å². The average molecular weight is 308 g/mol. The van der Waals surface area contributed by atoms with Crippen LogP contribution < -0.4 is 0 Å². The van der Waals surface area contributed by atoms with Crippen LogP contribution in [0.4, 0.5) is 0 Å². The molecule has 0 saturated heterocycles. The number of esters is 2. The first-order valence-corrected chi connectivity index (χ1v) is 7.62. The topological polar surface area (TPSA) is 69.7 Å². The van der Waals surface area contributed by atoms with Crippen LogP contribution in [0.1, 0.15) is 47.0 Å². The Hall–Kier alpha value is -1.65. The fraction of sp³-hybridized carbons (Fsp3) is 0.706. The van der Waals surface area contributed by atoms with Crippen LogP contribution in [0.3, 0.4) is 0 Å². The highest BCUT2D eigenvalue weighted by Gasteiger charge is 2.73. The Labute approximate surface area is 131 Å². The van der Waals surface area contributed by atoms with Gasteiger partial charge in [0.15, 0.2) is 0 Å². The van der Waals surface area contributed by atoms with E-state index in [1.165, 1.54) is 0 Å². The fourth-order valence-electron chi connectivity index (χ4n) is 3.84. The van der Waals surface area contributed by atoms with Gasteiger partial charge in [0.25, 0.3) is 0 Å². The lowest BCUT2D eigenvalue weighted by Gasteiger charge is -2.37. The van der Waals surface area contributed by atoms with Crippen LogP contribution >= 0.6 is 0 Å². The van der Waals surface area contributed by atoms with Crippen molar-refractivity contribution >= 4 is 17.7 Å². The lowest BCUT2D eigenvalue weighted by Crippen LogP contribution is -2.41. The number of carbonyl (C=O) groups is 3. The molecule has 0 aliphatic heterocycles. The average Bonchev–Trinajstić information content (AvgIpc) is 2.73. The molecule has 2 rings (SSSR count). The third kappa shape index (κ3) is 2.09. The molecule has 0 amide bonds. The highest BCUT2D eigenvalue weighted by molar-refractivity contribution is 5.98. The Morgan fingerprint density at radius 1 is 1.14 bits per heavy atom. The van der Waals surface area contributed by atoms with E-state index in [9.17, 15) is 14.4 Å². The van der Waals surface area contributed by atoms with Gasteiger partial charge in [0.2, 0.25) is 0 Å². The maximum Gasteiger partial charge on any atom is 0.333 e. The predicted molar refractivity (Wildman–Crippen MR) is 79.9 cm³/mol. The maximum absolute atomic E-state index is 12.6. The van der Waals surface area contributed by atoms with E-state index in [4.69, 9.17) is 9.47 Å².